The van der Waals surface area contributed by atoms with Crippen LogP contribution in [0.3, 0.4) is 0 Å². The molecule has 0 unspecified atom stereocenters. The minimum Gasteiger partial charge on any atom is -0.352 e. The summed E-state index contributed by atoms with van der Waals surface area (Å²) in [6.45, 7) is 6.34. The number of hydrogen-bond acceptors (Lipinski definition) is 2. The van der Waals surface area contributed by atoms with Crippen LogP contribution in [0.5, 0.6) is 0 Å². The van der Waals surface area contributed by atoms with E-state index in [1.165, 1.54) is 51.4 Å². The molecule has 3 fully saturated rings. The van der Waals surface area contributed by atoms with Crippen LogP contribution in [0.25, 0.3) is 0 Å². The Morgan fingerprint density at radius 2 is 1.08 bits per heavy atom. The van der Waals surface area contributed by atoms with Gasteiger partial charge in [-0.25, -0.2) is 0 Å². The molecule has 0 N–H and O–H groups in total. The molecule has 4 rings (SSSR count). The second-order valence-corrected chi connectivity index (χ2v) is 9.38. The lowest BCUT2D eigenvalue weighted by atomic mass is 9.76. The van der Waals surface area contributed by atoms with Gasteiger partial charge < -0.3 is 9.47 Å². The topological polar surface area (TPSA) is 18.5 Å². The highest BCUT2D eigenvalue weighted by Gasteiger charge is 2.32. The van der Waals surface area contributed by atoms with E-state index in [4.69, 9.17) is 9.47 Å². The van der Waals surface area contributed by atoms with Gasteiger partial charge in [0.2, 0.25) is 0 Å². The maximum Gasteiger partial charge on any atom is 0.160 e. The fraction of sp³-hybridized carbons (Fsp3) is 0.750. The number of hydrogen-bond donors (Lipinski definition) is 0. The zero-order valence-corrected chi connectivity index (χ0v) is 16.7. The zero-order valence-electron chi connectivity index (χ0n) is 16.7. The summed E-state index contributed by atoms with van der Waals surface area (Å²) in [5, 5.41) is 0. The first-order chi connectivity index (χ1) is 12.7. The molecule has 1 aromatic carbocycles. The van der Waals surface area contributed by atoms with E-state index in [2.05, 4.69) is 38.1 Å². The van der Waals surface area contributed by atoms with Crippen molar-refractivity contribution in [3.8, 4) is 0 Å². The average Bonchev–Trinajstić information content (AvgIpc) is 2.70. The van der Waals surface area contributed by atoms with Gasteiger partial charge in [0.15, 0.2) is 6.29 Å². The van der Waals surface area contributed by atoms with Crippen molar-refractivity contribution in [2.24, 2.45) is 17.8 Å². The van der Waals surface area contributed by atoms with Crippen LogP contribution in [0.2, 0.25) is 0 Å². The molecule has 0 spiro atoms. The van der Waals surface area contributed by atoms with E-state index in [1.54, 1.807) is 11.1 Å². The molecule has 0 amide bonds. The largest absolute Gasteiger partial charge is 0.352 e. The van der Waals surface area contributed by atoms with Crippen molar-refractivity contribution >= 4 is 0 Å². The summed E-state index contributed by atoms with van der Waals surface area (Å²) in [6.07, 6.45) is 10.7. The van der Waals surface area contributed by atoms with Gasteiger partial charge in [0.05, 0.1) is 13.2 Å². The molecule has 0 aromatic heterocycles. The summed E-state index contributed by atoms with van der Waals surface area (Å²) >= 11 is 0. The van der Waals surface area contributed by atoms with E-state index in [9.17, 15) is 0 Å². The zero-order chi connectivity index (χ0) is 17.9. The normalized spacial score (nSPS) is 38.8. The van der Waals surface area contributed by atoms with Crippen molar-refractivity contribution < 1.29 is 9.47 Å². The molecule has 0 radical (unpaired) electrons. The Balaban J connectivity index is 1.29. The average molecular weight is 357 g/mol. The van der Waals surface area contributed by atoms with Gasteiger partial charge in [-0.2, -0.15) is 0 Å². The molecule has 0 atom stereocenters. The van der Waals surface area contributed by atoms with Crippen LogP contribution in [0.4, 0.5) is 0 Å². The number of rotatable bonds is 3. The van der Waals surface area contributed by atoms with Crippen molar-refractivity contribution in [2.75, 3.05) is 13.2 Å². The molecule has 1 heterocycles. The Hall–Kier alpha value is -0.860. The Morgan fingerprint density at radius 3 is 1.58 bits per heavy atom. The maximum atomic E-state index is 5.94. The Morgan fingerprint density at radius 1 is 0.615 bits per heavy atom. The molecule has 2 saturated carbocycles. The van der Waals surface area contributed by atoms with Crippen LogP contribution in [-0.2, 0) is 9.47 Å². The van der Waals surface area contributed by atoms with E-state index in [0.29, 0.717) is 11.8 Å². The monoisotopic (exact) mass is 356 g/mol. The van der Waals surface area contributed by atoms with Gasteiger partial charge in [-0.15, -0.1) is 0 Å². The van der Waals surface area contributed by atoms with Crippen LogP contribution >= 0.6 is 0 Å². The lowest BCUT2D eigenvalue weighted by molar-refractivity contribution is -0.226. The first kappa shape index (κ1) is 18.5. The summed E-state index contributed by atoms with van der Waals surface area (Å²) in [5.41, 5.74) is 3.13. The minimum absolute atomic E-state index is 0.0585. The summed E-state index contributed by atoms with van der Waals surface area (Å²) in [6, 6.07) is 9.70. The first-order valence-corrected chi connectivity index (χ1v) is 11.0. The fourth-order valence-electron chi connectivity index (χ4n) is 5.25. The smallest absolute Gasteiger partial charge is 0.160 e. The van der Waals surface area contributed by atoms with Crippen molar-refractivity contribution in [3.63, 3.8) is 0 Å². The van der Waals surface area contributed by atoms with Gasteiger partial charge in [0, 0.05) is 11.8 Å². The highest BCUT2D eigenvalue weighted by Crippen LogP contribution is 2.40. The summed E-state index contributed by atoms with van der Waals surface area (Å²) < 4.78 is 11.9. The highest BCUT2D eigenvalue weighted by molar-refractivity contribution is 5.28. The Bertz CT molecular complexity index is 542. The van der Waals surface area contributed by atoms with Gasteiger partial charge in [-0.05, 0) is 67.4 Å². The second-order valence-electron chi connectivity index (χ2n) is 9.38. The molecule has 2 aliphatic carbocycles. The summed E-state index contributed by atoms with van der Waals surface area (Å²) in [7, 11) is 0. The second kappa shape index (κ2) is 8.44. The standard InChI is InChI=1S/C24H36O2/c1-17-3-5-19(6-4-17)20-7-9-21(10-8-20)22-11-13-23(14-12-22)24-25-15-18(2)16-26-24/h7-10,17-19,22-24H,3-6,11-16H2,1-2H3. The van der Waals surface area contributed by atoms with E-state index in [0.717, 1.165) is 31.0 Å². The molecular weight excluding hydrogens is 320 g/mol. The predicted octanol–water partition coefficient (Wildman–Crippen LogP) is 6.26. The Labute approximate surface area is 159 Å². The van der Waals surface area contributed by atoms with E-state index >= 15 is 0 Å². The number of ether oxygens (including phenoxy) is 2. The quantitative estimate of drug-likeness (QED) is 0.636. The third-order valence-electron chi connectivity index (χ3n) is 7.14. The van der Waals surface area contributed by atoms with E-state index in [1.807, 2.05) is 0 Å². The molecule has 144 valence electrons. The van der Waals surface area contributed by atoms with Gasteiger partial charge >= 0.3 is 0 Å². The molecule has 1 aliphatic heterocycles. The van der Waals surface area contributed by atoms with Crippen LogP contribution in [0.15, 0.2) is 24.3 Å². The lowest BCUT2D eigenvalue weighted by Crippen LogP contribution is -2.37. The maximum absolute atomic E-state index is 5.94. The van der Waals surface area contributed by atoms with Crippen molar-refractivity contribution in [1.82, 2.24) is 0 Å². The molecule has 1 aromatic rings. The SMILES string of the molecule is CC1CCC(c2ccc(C3CCC(C4OCC(C)CO4)CC3)cc2)CC1. The lowest BCUT2D eigenvalue weighted by Gasteiger charge is -2.37. The van der Waals surface area contributed by atoms with Gasteiger partial charge in [-0.3, -0.25) is 0 Å². The molecule has 2 nitrogen and oxygen atoms in total. The predicted molar refractivity (Wildman–Crippen MR) is 106 cm³/mol. The van der Waals surface area contributed by atoms with Gasteiger partial charge in [0.25, 0.3) is 0 Å². The Kier molecular flexibility index (Phi) is 6.00. The van der Waals surface area contributed by atoms with Crippen molar-refractivity contribution in [1.29, 1.82) is 0 Å². The molecule has 1 saturated heterocycles. The molecular formula is C24H36O2. The third kappa shape index (κ3) is 4.34. The summed E-state index contributed by atoms with van der Waals surface area (Å²) in [5.74, 6) is 3.62. The molecule has 26 heavy (non-hydrogen) atoms. The van der Waals surface area contributed by atoms with Crippen LogP contribution in [0.1, 0.15) is 88.2 Å². The van der Waals surface area contributed by atoms with E-state index < -0.39 is 0 Å². The molecule has 3 aliphatic rings. The minimum atomic E-state index is 0.0585. The molecule has 2 heteroatoms. The van der Waals surface area contributed by atoms with Gasteiger partial charge in [0.1, 0.15) is 0 Å². The van der Waals surface area contributed by atoms with E-state index in [-0.39, 0.29) is 6.29 Å². The third-order valence-corrected chi connectivity index (χ3v) is 7.14. The van der Waals surface area contributed by atoms with Gasteiger partial charge in [-0.1, -0.05) is 51.0 Å². The van der Waals surface area contributed by atoms with Crippen LogP contribution in [0, 0.1) is 17.8 Å². The van der Waals surface area contributed by atoms with Crippen LogP contribution < -0.4 is 0 Å². The van der Waals surface area contributed by atoms with Crippen molar-refractivity contribution in [3.05, 3.63) is 35.4 Å². The fourth-order valence-corrected chi connectivity index (χ4v) is 5.25. The van der Waals surface area contributed by atoms with Crippen LogP contribution in [-0.4, -0.2) is 19.5 Å². The van der Waals surface area contributed by atoms with Crippen molar-refractivity contribution in [2.45, 2.75) is 83.3 Å². The first-order valence-electron chi connectivity index (χ1n) is 11.0. The molecule has 0 bridgehead atoms. The highest BCUT2D eigenvalue weighted by atomic mass is 16.7. The summed E-state index contributed by atoms with van der Waals surface area (Å²) in [4.78, 5) is 0. The number of benzene rings is 1.